The number of hydrogen-bond donors (Lipinski definition) is 1. The largest absolute Gasteiger partial charge is 0.481 e. The standard InChI is InChI=1S/C12H19NO5/c14-11(15)4-3-9-6-13(12(16)18-8-9)7-10-2-1-5-17-10/h9-10H,1-8H2,(H,14,15). The number of carbonyl (C=O) groups excluding carboxylic acids is 1. The van der Waals surface area contributed by atoms with Crippen LogP contribution in [-0.4, -0.2) is 54.5 Å². The first kappa shape index (κ1) is 13.1. The fraction of sp³-hybridized carbons (Fsp3) is 0.833. The second-order valence-corrected chi connectivity index (χ2v) is 4.92. The first-order chi connectivity index (χ1) is 8.65. The minimum atomic E-state index is -0.808. The summed E-state index contributed by atoms with van der Waals surface area (Å²) >= 11 is 0. The van der Waals surface area contributed by atoms with E-state index < -0.39 is 5.97 Å². The summed E-state index contributed by atoms with van der Waals surface area (Å²) in [5.74, 6) is -0.697. The van der Waals surface area contributed by atoms with Crippen molar-refractivity contribution in [3.63, 3.8) is 0 Å². The van der Waals surface area contributed by atoms with Crippen molar-refractivity contribution in [1.29, 1.82) is 0 Å². The summed E-state index contributed by atoms with van der Waals surface area (Å²) in [6, 6.07) is 0. The van der Waals surface area contributed by atoms with E-state index in [1.165, 1.54) is 0 Å². The number of carbonyl (C=O) groups is 2. The van der Waals surface area contributed by atoms with Crippen molar-refractivity contribution in [3.8, 4) is 0 Å². The molecule has 6 nitrogen and oxygen atoms in total. The zero-order chi connectivity index (χ0) is 13.0. The lowest BCUT2D eigenvalue weighted by atomic mass is 10.0. The average molecular weight is 257 g/mol. The second-order valence-electron chi connectivity index (χ2n) is 4.92. The number of cyclic esters (lactones) is 1. The van der Waals surface area contributed by atoms with Gasteiger partial charge in [0.05, 0.1) is 19.3 Å². The summed E-state index contributed by atoms with van der Waals surface area (Å²) in [5, 5.41) is 8.65. The maximum absolute atomic E-state index is 11.6. The highest BCUT2D eigenvalue weighted by molar-refractivity contribution is 5.68. The molecule has 0 aromatic heterocycles. The predicted molar refractivity (Wildman–Crippen MR) is 62.3 cm³/mol. The number of aliphatic carboxylic acids is 1. The molecule has 2 saturated heterocycles. The molecule has 2 atom stereocenters. The molecule has 18 heavy (non-hydrogen) atoms. The van der Waals surface area contributed by atoms with Crippen LogP contribution in [0.5, 0.6) is 0 Å². The Hall–Kier alpha value is -1.30. The highest BCUT2D eigenvalue weighted by Gasteiger charge is 2.30. The molecule has 0 aromatic carbocycles. The Bertz CT molecular complexity index is 314. The summed E-state index contributed by atoms with van der Waals surface area (Å²) < 4.78 is 10.6. The fourth-order valence-corrected chi connectivity index (χ4v) is 2.40. The van der Waals surface area contributed by atoms with Crippen LogP contribution in [0.3, 0.4) is 0 Å². The van der Waals surface area contributed by atoms with Crippen molar-refractivity contribution < 1.29 is 24.2 Å². The first-order valence-corrected chi connectivity index (χ1v) is 6.40. The zero-order valence-electron chi connectivity index (χ0n) is 10.3. The maximum atomic E-state index is 11.6. The minimum Gasteiger partial charge on any atom is -0.481 e. The Morgan fingerprint density at radius 1 is 1.50 bits per heavy atom. The Labute approximate surface area is 106 Å². The normalized spacial score (nSPS) is 28.2. The van der Waals surface area contributed by atoms with E-state index in [0.717, 1.165) is 19.4 Å². The molecule has 6 heteroatoms. The Morgan fingerprint density at radius 3 is 3.00 bits per heavy atom. The Morgan fingerprint density at radius 2 is 2.33 bits per heavy atom. The van der Waals surface area contributed by atoms with Crippen LogP contribution in [0.1, 0.15) is 25.7 Å². The van der Waals surface area contributed by atoms with E-state index in [1.54, 1.807) is 4.90 Å². The van der Waals surface area contributed by atoms with Crippen molar-refractivity contribution in [3.05, 3.63) is 0 Å². The van der Waals surface area contributed by atoms with E-state index in [2.05, 4.69) is 0 Å². The van der Waals surface area contributed by atoms with Gasteiger partial charge in [-0.15, -0.1) is 0 Å². The molecule has 2 heterocycles. The second kappa shape index (κ2) is 6.04. The maximum Gasteiger partial charge on any atom is 0.409 e. The molecule has 2 unspecified atom stereocenters. The highest BCUT2D eigenvalue weighted by atomic mass is 16.6. The molecular weight excluding hydrogens is 238 g/mol. The smallest absolute Gasteiger partial charge is 0.409 e. The third-order valence-electron chi connectivity index (χ3n) is 3.39. The molecular formula is C12H19NO5. The van der Waals surface area contributed by atoms with Crippen LogP contribution in [0.25, 0.3) is 0 Å². The third-order valence-corrected chi connectivity index (χ3v) is 3.39. The molecule has 102 valence electrons. The van der Waals surface area contributed by atoms with E-state index >= 15 is 0 Å². The monoisotopic (exact) mass is 257 g/mol. The van der Waals surface area contributed by atoms with E-state index in [1.807, 2.05) is 0 Å². The summed E-state index contributed by atoms with van der Waals surface area (Å²) in [4.78, 5) is 23.8. The summed E-state index contributed by atoms with van der Waals surface area (Å²) in [5.41, 5.74) is 0. The molecule has 0 aromatic rings. The topological polar surface area (TPSA) is 76.1 Å². The number of ether oxygens (including phenoxy) is 2. The molecule has 1 amide bonds. The predicted octanol–water partition coefficient (Wildman–Crippen LogP) is 1.10. The van der Waals surface area contributed by atoms with Gasteiger partial charge in [-0.2, -0.15) is 0 Å². The van der Waals surface area contributed by atoms with Gasteiger partial charge in [-0.1, -0.05) is 0 Å². The number of rotatable bonds is 5. The quantitative estimate of drug-likeness (QED) is 0.798. The van der Waals surface area contributed by atoms with Crippen molar-refractivity contribution in [2.75, 3.05) is 26.3 Å². The molecule has 2 rings (SSSR count). The van der Waals surface area contributed by atoms with Crippen LogP contribution in [0, 0.1) is 5.92 Å². The van der Waals surface area contributed by atoms with Crippen molar-refractivity contribution in [1.82, 2.24) is 4.90 Å². The Balaban J connectivity index is 1.80. The zero-order valence-corrected chi connectivity index (χ0v) is 10.3. The lowest BCUT2D eigenvalue weighted by Crippen LogP contribution is -2.46. The van der Waals surface area contributed by atoms with Gasteiger partial charge in [-0.3, -0.25) is 4.79 Å². The summed E-state index contributed by atoms with van der Waals surface area (Å²) in [6.07, 6.45) is 2.48. The van der Waals surface area contributed by atoms with Crippen LogP contribution in [0.15, 0.2) is 0 Å². The van der Waals surface area contributed by atoms with Gasteiger partial charge in [0, 0.05) is 25.5 Å². The van der Waals surface area contributed by atoms with Gasteiger partial charge in [-0.25, -0.2) is 4.79 Å². The molecule has 0 radical (unpaired) electrons. The molecule has 0 bridgehead atoms. The highest BCUT2D eigenvalue weighted by Crippen LogP contribution is 2.20. The minimum absolute atomic E-state index is 0.107. The van der Waals surface area contributed by atoms with Crippen LogP contribution >= 0.6 is 0 Å². The summed E-state index contributed by atoms with van der Waals surface area (Å²) in [6.45, 7) is 2.22. The van der Waals surface area contributed by atoms with Gasteiger partial charge in [0.15, 0.2) is 0 Å². The number of amides is 1. The van der Waals surface area contributed by atoms with Crippen LogP contribution in [0.2, 0.25) is 0 Å². The molecule has 0 saturated carbocycles. The summed E-state index contributed by atoms with van der Waals surface area (Å²) in [7, 11) is 0. The lowest BCUT2D eigenvalue weighted by Gasteiger charge is -2.33. The van der Waals surface area contributed by atoms with E-state index in [0.29, 0.717) is 26.1 Å². The number of carboxylic acids is 1. The first-order valence-electron chi connectivity index (χ1n) is 6.40. The van der Waals surface area contributed by atoms with E-state index in [-0.39, 0.29) is 24.5 Å². The lowest BCUT2D eigenvalue weighted by molar-refractivity contribution is -0.137. The van der Waals surface area contributed by atoms with E-state index in [4.69, 9.17) is 14.6 Å². The van der Waals surface area contributed by atoms with Crippen LogP contribution < -0.4 is 0 Å². The number of carboxylic acid groups (broad SMARTS) is 1. The molecule has 2 aliphatic rings. The Kier molecular flexibility index (Phi) is 4.41. The number of nitrogens with zero attached hydrogens (tertiary/aromatic N) is 1. The molecule has 0 aliphatic carbocycles. The van der Waals surface area contributed by atoms with Crippen LogP contribution in [0.4, 0.5) is 4.79 Å². The van der Waals surface area contributed by atoms with E-state index in [9.17, 15) is 9.59 Å². The fourth-order valence-electron chi connectivity index (χ4n) is 2.40. The molecule has 2 fully saturated rings. The third kappa shape index (κ3) is 3.60. The average Bonchev–Trinajstić information content (AvgIpc) is 2.83. The molecule has 1 N–H and O–H groups in total. The van der Waals surface area contributed by atoms with Crippen molar-refractivity contribution >= 4 is 12.1 Å². The molecule has 0 spiro atoms. The SMILES string of the molecule is O=C(O)CCC1COC(=O)N(CC2CCCO2)C1. The van der Waals surface area contributed by atoms with Gasteiger partial charge in [0.25, 0.3) is 0 Å². The van der Waals surface area contributed by atoms with Crippen molar-refractivity contribution in [2.45, 2.75) is 31.8 Å². The van der Waals surface area contributed by atoms with Gasteiger partial charge in [0.1, 0.15) is 0 Å². The number of hydrogen-bond acceptors (Lipinski definition) is 4. The van der Waals surface area contributed by atoms with Gasteiger partial charge in [-0.05, 0) is 19.3 Å². The van der Waals surface area contributed by atoms with Gasteiger partial charge >= 0.3 is 12.1 Å². The van der Waals surface area contributed by atoms with Gasteiger partial charge in [0.2, 0.25) is 0 Å². The van der Waals surface area contributed by atoms with Gasteiger partial charge < -0.3 is 19.5 Å². The van der Waals surface area contributed by atoms with Crippen LogP contribution in [-0.2, 0) is 14.3 Å². The van der Waals surface area contributed by atoms with Crippen molar-refractivity contribution in [2.24, 2.45) is 5.92 Å². The molecule has 2 aliphatic heterocycles.